The van der Waals surface area contributed by atoms with Crippen molar-refractivity contribution in [3.63, 3.8) is 0 Å². The lowest BCUT2D eigenvalue weighted by Gasteiger charge is -2.13. The zero-order chi connectivity index (χ0) is 15.5. The van der Waals surface area contributed by atoms with E-state index < -0.39 is 0 Å². The molecule has 22 heavy (non-hydrogen) atoms. The lowest BCUT2D eigenvalue weighted by atomic mass is 10.1. The van der Waals surface area contributed by atoms with E-state index in [4.69, 9.17) is 0 Å². The highest BCUT2D eigenvalue weighted by Gasteiger charge is 2.16. The van der Waals surface area contributed by atoms with Crippen LogP contribution < -0.4 is 5.32 Å². The van der Waals surface area contributed by atoms with E-state index in [9.17, 15) is 9.59 Å². The van der Waals surface area contributed by atoms with Crippen LogP contribution in [0.3, 0.4) is 0 Å². The van der Waals surface area contributed by atoms with Crippen LogP contribution in [0.15, 0.2) is 48.0 Å². The molecule has 0 saturated heterocycles. The van der Waals surface area contributed by atoms with Gasteiger partial charge in [-0.3, -0.25) is 9.59 Å². The van der Waals surface area contributed by atoms with Crippen molar-refractivity contribution in [2.45, 2.75) is 19.4 Å². The standard InChI is InChI=1S/C17H16N2O2S/c1-11(10-14(20)15-6-3-9-22-15)19-17(21)13-5-2-4-12-7-8-18-16(12)13/h2-9,11,18H,10H2,1H3,(H,19,21)/t11-/m0/s1. The van der Waals surface area contributed by atoms with Crippen molar-refractivity contribution < 1.29 is 9.59 Å². The van der Waals surface area contributed by atoms with Crippen LogP contribution in [0.4, 0.5) is 0 Å². The van der Waals surface area contributed by atoms with Gasteiger partial charge in [-0.25, -0.2) is 0 Å². The molecular formula is C17H16N2O2S. The van der Waals surface area contributed by atoms with E-state index in [2.05, 4.69) is 10.3 Å². The third kappa shape index (κ3) is 2.94. The molecule has 1 amide bonds. The number of hydrogen-bond donors (Lipinski definition) is 2. The van der Waals surface area contributed by atoms with E-state index in [1.54, 1.807) is 12.1 Å². The van der Waals surface area contributed by atoms with Crippen molar-refractivity contribution in [2.75, 3.05) is 0 Å². The Morgan fingerprint density at radius 2 is 2.09 bits per heavy atom. The molecule has 0 saturated carbocycles. The summed E-state index contributed by atoms with van der Waals surface area (Å²) >= 11 is 1.42. The number of fused-ring (bicyclic) bond motifs is 1. The van der Waals surface area contributed by atoms with Crippen LogP contribution in [0.5, 0.6) is 0 Å². The molecule has 4 nitrogen and oxygen atoms in total. The van der Waals surface area contributed by atoms with Crippen LogP contribution in [0.25, 0.3) is 10.9 Å². The first-order valence-electron chi connectivity index (χ1n) is 7.09. The summed E-state index contributed by atoms with van der Waals surface area (Å²) in [6.45, 7) is 1.85. The van der Waals surface area contributed by atoms with Crippen molar-refractivity contribution in [3.05, 3.63) is 58.4 Å². The fraction of sp³-hybridized carbons (Fsp3) is 0.176. The maximum Gasteiger partial charge on any atom is 0.253 e. The minimum atomic E-state index is -0.215. The molecule has 2 aromatic heterocycles. The number of rotatable bonds is 5. The predicted molar refractivity (Wildman–Crippen MR) is 88.5 cm³/mol. The first-order valence-corrected chi connectivity index (χ1v) is 7.97. The summed E-state index contributed by atoms with van der Waals surface area (Å²) in [5, 5.41) is 5.77. The molecule has 0 aliphatic heterocycles. The van der Waals surface area contributed by atoms with Crippen molar-refractivity contribution in [1.29, 1.82) is 0 Å². The molecule has 2 N–H and O–H groups in total. The summed E-state index contributed by atoms with van der Waals surface area (Å²) in [5.74, 6) is -0.111. The average molecular weight is 312 g/mol. The summed E-state index contributed by atoms with van der Waals surface area (Å²) < 4.78 is 0. The van der Waals surface area contributed by atoms with Gasteiger partial charge in [0.25, 0.3) is 5.91 Å². The molecule has 1 atom stereocenters. The second-order valence-electron chi connectivity index (χ2n) is 5.23. The van der Waals surface area contributed by atoms with Crippen LogP contribution >= 0.6 is 11.3 Å². The molecular weight excluding hydrogens is 296 g/mol. The van der Waals surface area contributed by atoms with Gasteiger partial charge in [0.2, 0.25) is 0 Å². The van der Waals surface area contributed by atoms with Crippen molar-refractivity contribution in [1.82, 2.24) is 10.3 Å². The number of carbonyl (C=O) groups is 2. The zero-order valence-electron chi connectivity index (χ0n) is 12.1. The molecule has 3 rings (SSSR count). The average Bonchev–Trinajstić information content (AvgIpc) is 3.17. The SMILES string of the molecule is C[C@@H](CC(=O)c1cccs1)NC(=O)c1cccc2cc[nH]c12. The number of H-pyrrole nitrogens is 1. The second-order valence-corrected chi connectivity index (χ2v) is 6.17. The van der Waals surface area contributed by atoms with E-state index in [0.29, 0.717) is 12.0 Å². The zero-order valence-corrected chi connectivity index (χ0v) is 12.9. The van der Waals surface area contributed by atoms with Gasteiger partial charge in [0.05, 0.1) is 16.0 Å². The molecule has 0 bridgehead atoms. The number of amides is 1. The summed E-state index contributed by atoms with van der Waals surface area (Å²) in [5.41, 5.74) is 1.41. The maximum atomic E-state index is 12.4. The first-order chi connectivity index (χ1) is 10.6. The fourth-order valence-electron chi connectivity index (χ4n) is 2.44. The Labute approximate surface area is 132 Å². The summed E-state index contributed by atoms with van der Waals surface area (Å²) in [6, 6.07) is 11.0. The number of aromatic amines is 1. The molecule has 2 heterocycles. The quantitative estimate of drug-likeness (QED) is 0.707. The molecule has 3 aromatic rings. The summed E-state index contributed by atoms with van der Waals surface area (Å²) in [6.07, 6.45) is 2.11. The Balaban J connectivity index is 1.69. The van der Waals surface area contributed by atoms with Gasteiger partial charge < -0.3 is 10.3 Å². The third-order valence-electron chi connectivity index (χ3n) is 3.50. The maximum absolute atomic E-state index is 12.4. The van der Waals surface area contributed by atoms with Crippen molar-refractivity contribution >= 4 is 33.9 Å². The minimum absolute atomic E-state index is 0.0564. The lowest BCUT2D eigenvalue weighted by Crippen LogP contribution is -2.34. The number of aromatic nitrogens is 1. The van der Waals surface area contributed by atoms with E-state index in [0.717, 1.165) is 15.8 Å². The van der Waals surface area contributed by atoms with E-state index in [1.165, 1.54) is 11.3 Å². The minimum Gasteiger partial charge on any atom is -0.361 e. The van der Waals surface area contributed by atoms with Crippen LogP contribution in [0.2, 0.25) is 0 Å². The molecule has 0 aliphatic rings. The Morgan fingerprint density at radius 1 is 1.23 bits per heavy atom. The number of ketones is 1. The number of carbonyl (C=O) groups excluding carboxylic acids is 2. The van der Waals surface area contributed by atoms with Gasteiger partial charge in [0.1, 0.15) is 0 Å². The van der Waals surface area contributed by atoms with Gasteiger partial charge >= 0.3 is 0 Å². The van der Waals surface area contributed by atoms with E-state index in [1.807, 2.05) is 42.8 Å². The summed E-state index contributed by atoms with van der Waals surface area (Å²) in [4.78, 5) is 28.3. The molecule has 0 spiro atoms. The van der Waals surface area contributed by atoms with Gasteiger partial charge in [-0.05, 0) is 30.5 Å². The van der Waals surface area contributed by atoms with Crippen molar-refractivity contribution in [3.8, 4) is 0 Å². The molecule has 0 aliphatic carbocycles. The third-order valence-corrected chi connectivity index (χ3v) is 4.41. The lowest BCUT2D eigenvalue weighted by molar-refractivity contribution is 0.0920. The Kier molecular flexibility index (Phi) is 4.06. The smallest absolute Gasteiger partial charge is 0.253 e. The predicted octanol–water partition coefficient (Wildman–Crippen LogP) is 3.62. The Morgan fingerprint density at radius 3 is 2.86 bits per heavy atom. The van der Waals surface area contributed by atoms with Gasteiger partial charge in [0, 0.05) is 24.0 Å². The highest BCUT2D eigenvalue weighted by atomic mass is 32.1. The number of hydrogen-bond acceptors (Lipinski definition) is 3. The normalized spacial score (nSPS) is 12.2. The van der Waals surface area contributed by atoms with Crippen molar-refractivity contribution in [2.24, 2.45) is 0 Å². The van der Waals surface area contributed by atoms with Crippen LogP contribution in [-0.2, 0) is 0 Å². The number of benzene rings is 1. The highest BCUT2D eigenvalue weighted by molar-refractivity contribution is 7.12. The van der Waals surface area contributed by atoms with E-state index >= 15 is 0 Å². The van der Waals surface area contributed by atoms with Gasteiger partial charge in [-0.1, -0.05) is 18.2 Å². The van der Waals surface area contributed by atoms with Gasteiger partial charge in [-0.15, -0.1) is 11.3 Å². The molecule has 112 valence electrons. The van der Waals surface area contributed by atoms with Crippen LogP contribution in [0.1, 0.15) is 33.4 Å². The monoisotopic (exact) mass is 312 g/mol. The Hall–Kier alpha value is -2.40. The van der Waals surface area contributed by atoms with E-state index in [-0.39, 0.29) is 17.7 Å². The Bertz CT molecular complexity index is 805. The number of thiophene rings is 1. The molecule has 0 radical (unpaired) electrons. The van der Waals surface area contributed by atoms with Crippen LogP contribution in [0, 0.1) is 0 Å². The van der Waals surface area contributed by atoms with Gasteiger partial charge in [0.15, 0.2) is 5.78 Å². The molecule has 1 aromatic carbocycles. The van der Waals surface area contributed by atoms with Gasteiger partial charge in [-0.2, -0.15) is 0 Å². The highest BCUT2D eigenvalue weighted by Crippen LogP contribution is 2.17. The molecule has 5 heteroatoms. The topological polar surface area (TPSA) is 62.0 Å². The fourth-order valence-corrected chi connectivity index (χ4v) is 3.12. The largest absolute Gasteiger partial charge is 0.361 e. The number of nitrogens with one attached hydrogen (secondary N) is 2. The number of para-hydroxylation sites is 1. The number of Topliss-reactive ketones (excluding diaryl/α,β-unsaturated/α-hetero) is 1. The molecule has 0 fully saturated rings. The summed E-state index contributed by atoms with van der Waals surface area (Å²) in [7, 11) is 0. The molecule has 0 unspecified atom stereocenters. The van der Waals surface area contributed by atoms with Crippen LogP contribution in [-0.4, -0.2) is 22.7 Å². The first kappa shape index (κ1) is 14.5. The second kappa shape index (κ2) is 6.15.